The standard InChI is InChI=1S/C13H20N2O3/c1-4-15-13(16)9-14-8-10-5-6-11(17-2)7-12(10)18-3/h5-7,14H,4,8-9H2,1-3H3,(H,15,16). The molecule has 0 aliphatic carbocycles. The summed E-state index contributed by atoms with van der Waals surface area (Å²) in [5.41, 5.74) is 0.989. The number of carbonyl (C=O) groups excluding carboxylic acids is 1. The van der Waals surface area contributed by atoms with Crippen LogP contribution in [0.5, 0.6) is 11.5 Å². The lowest BCUT2D eigenvalue weighted by atomic mass is 10.2. The first-order valence-corrected chi connectivity index (χ1v) is 5.89. The van der Waals surface area contributed by atoms with Gasteiger partial charge in [0.1, 0.15) is 11.5 Å². The second-order valence-electron chi connectivity index (χ2n) is 3.73. The Morgan fingerprint density at radius 2 is 2.06 bits per heavy atom. The predicted molar refractivity (Wildman–Crippen MR) is 69.9 cm³/mol. The highest BCUT2D eigenvalue weighted by atomic mass is 16.5. The summed E-state index contributed by atoms with van der Waals surface area (Å²) in [6, 6.07) is 5.61. The summed E-state index contributed by atoms with van der Waals surface area (Å²) >= 11 is 0. The monoisotopic (exact) mass is 252 g/mol. The zero-order valence-corrected chi connectivity index (χ0v) is 11.1. The summed E-state index contributed by atoms with van der Waals surface area (Å²) in [5, 5.41) is 5.79. The molecule has 0 aliphatic heterocycles. The van der Waals surface area contributed by atoms with Crippen LogP contribution in [-0.4, -0.2) is 33.2 Å². The molecule has 0 atom stereocenters. The molecule has 2 N–H and O–H groups in total. The molecule has 0 saturated carbocycles. The molecule has 0 bridgehead atoms. The Morgan fingerprint density at radius 1 is 1.28 bits per heavy atom. The second-order valence-corrected chi connectivity index (χ2v) is 3.73. The van der Waals surface area contributed by atoms with Gasteiger partial charge in [0.05, 0.1) is 20.8 Å². The van der Waals surface area contributed by atoms with Crippen molar-refractivity contribution in [3.8, 4) is 11.5 Å². The summed E-state index contributed by atoms with van der Waals surface area (Å²) in [6.45, 7) is 3.41. The lowest BCUT2D eigenvalue weighted by Gasteiger charge is -2.11. The number of carbonyl (C=O) groups is 1. The highest BCUT2D eigenvalue weighted by Crippen LogP contribution is 2.24. The van der Waals surface area contributed by atoms with Gasteiger partial charge in [-0.2, -0.15) is 0 Å². The van der Waals surface area contributed by atoms with E-state index in [-0.39, 0.29) is 5.91 Å². The van der Waals surface area contributed by atoms with Gasteiger partial charge in [-0.15, -0.1) is 0 Å². The zero-order chi connectivity index (χ0) is 13.4. The van der Waals surface area contributed by atoms with Crippen LogP contribution in [0.4, 0.5) is 0 Å². The molecule has 0 aromatic heterocycles. The molecule has 1 aromatic rings. The van der Waals surface area contributed by atoms with E-state index in [2.05, 4.69) is 10.6 Å². The number of methoxy groups -OCH3 is 2. The van der Waals surface area contributed by atoms with E-state index in [4.69, 9.17) is 9.47 Å². The fourth-order valence-corrected chi connectivity index (χ4v) is 1.57. The van der Waals surface area contributed by atoms with Gasteiger partial charge in [-0.3, -0.25) is 4.79 Å². The highest BCUT2D eigenvalue weighted by Gasteiger charge is 2.05. The van der Waals surface area contributed by atoms with E-state index in [1.54, 1.807) is 14.2 Å². The van der Waals surface area contributed by atoms with E-state index in [1.165, 1.54) is 0 Å². The van der Waals surface area contributed by atoms with Gasteiger partial charge < -0.3 is 20.1 Å². The molecule has 0 unspecified atom stereocenters. The topological polar surface area (TPSA) is 59.6 Å². The number of nitrogens with one attached hydrogen (secondary N) is 2. The van der Waals surface area contributed by atoms with Gasteiger partial charge in [0.15, 0.2) is 0 Å². The third-order valence-corrected chi connectivity index (χ3v) is 2.47. The van der Waals surface area contributed by atoms with Crippen LogP contribution in [0.3, 0.4) is 0 Å². The first-order valence-electron chi connectivity index (χ1n) is 5.89. The summed E-state index contributed by atoms with van der Waals surface area (Å²) in [5.74, 6) is 1.49. The van der Waals surface area contributed by atoms with Gasteiger partial charge in [0.25, 0.3) is 0 Å². The second kappa shape index (κ2) is 7.55. The van der Waals surface area contributed by atoms with Crippen molar-refractivity contribution in [2.75, 3.05) is 27.3 Å². The molecule has 1 aromatic carbocycles. The number of likely N-dealkylation sites (N-methyl/N-ethyl adjacent to an activating group) is 1. The van der Waals surface area contributed by atoms with E-state index < -0.39 is 0 Å². The number of benzene rings is 1. The molecule has 18 heavy (non-hydrogen) atoms. The Kier molecular flexibility index (Phi) is 6.00. The molecule has 100 valence electrons. The Morgan fingerprint density at radius 3 is 2.67 bits per heavy atom. The molecular weight excluding hydrogens is 232 g/mol. The molecule has 0 aliphatic rings. The molecule has 0 heterocycles. The molecule has 0 fully saturated rings. The van der Waals surface area contributed by atoms with Crippen LogP contribution in [0.25, 0.3) is 0 Å². The lowest BCUT2D eigenvalue weighted by Crippen LogP contribution is -2.33. The largest absolute Gasteiger partial charge is 0.497 e. The van der Waals surface area contributed by atoms with E-state index in [9.17, 15) is 4.79 Å². The van der Waals surface area contributed by atoms with Crippen molar-refractivity contribution in [2.24, 2.45) is 0 Å². The minimum absolute atomic E-state index is 0.00928. The van der Waals surface area contributed by atoms with Crippen LogP contribution >= 0.6 is 0 Å². The fourth-order valence-electron chi connectivity index (χ4n) is 1.57. The summed E-state index contributed by atoms with van der Waals surface area (Å²) in [4.78, 5) is 11.3. The quantitative estimate of drug-likeness (QED) is 0.758. The first-order chi connectivity index (χ1) is 8.71. The molecular formula is C13H20N2O3. The SMILES string of the molecule is CCNC(=O)CNCc1ccc(OC)cc1OC. The maximum Gasteiger partial charge on any atom is 0.233 e. The number of rotatable bonds is 7. The molecule has 0 radical (unpaired) electrons. The minimum Gasteiger partial charge on any atom is -0.497 e. The average Bonchev–Trinajstić information content (AvgIpc) is 2.39. The summed E-state index contributed by atoms with van der Waals surface area (Å²) in [6.07, 6.45) is 0. The Hall–Kier alpha value is -1.75. The Bertz CT molecular complexity index is 394. The van der Waals surface area contributed by atoms with Crippen molar-refractivity contribution in [2.45, 2.75) is 13.5 Å². The normalized spacial score (nSPS) is 9.94. The van der Waals surface area contributed by atoms with Gasteiger partial charge in [-0.05, 0) is 13.0 Å². The Balaban J connectivity index is 2.53. The van der Waals surface area contributed by atoms with Crippen molar-refractivity contribution < 1.29 is 14.3 Å². The lowest BCUT2D eigenvalue weighted by molar-refractivity contribution is -0.120. The average molecular weight is 252 g/mol. The maximum absolute atomic E-state index is 11.3. The highest BCUT2D eigenvalue weighted by molar-refractivity contribution is 5.77. The third-order valence-electron chi connectivity index (χ3n) is 2.47. The van der Waals surface area contributed by atoms with Crippen molar-refractivity contribution in [3.63, 3.8) is 0 Å². The van der Waals surface area contributed by atoms with Gasteiger partial charge in [0.2, 0.25) is 5.91 Å². The zero-order valence-electron chi connectivity index (χ0n) is 11.1. The van der Waals surface area contributed by atoms with E-state index in [0.717, 1.165) is 17.1 Å². The molecule has 0 saturated heterocycles. The van der Waals surface area contributed by atoms with Gasteiger partial charge in [0, 0.05) is 24.7 Å². The van der Waals surface area contributed by atoms with Gasteiger partial charge in [-0.1, -0.05) is 6.07 Å². The third kappa shape index (κ3) is 4.25. The van der Waals surface area contributed by atoms with Crippen molar-refractivity contribution in [1.82, 2.24) is 10.6 Å². The number of hydrogen-bond acceptors (Lipinski definition) is 4. The van der Waals surface area contributed by atoms with Crippen molar-refractivity contribution in [3.05, 3.63) is 23.8 Å². The molecule has 1 rings (SSSR count). The number of hydrogen-bond donors (Lipinski definition) is 2. The molecule has 5 nitrogen and oxygen atoms in total. The molecule has 5 heteroatoms. The van der Waals surface area contributed by atoms with E-state index >= 15 is 0 Å². The smallest absolute Gasteiger partial charge is 0.233 e. The number of ether oxygens (including phenoxy) is 2. The summed E-state index contributed by atoms with van der Waals surface area (Å²) < 4.78 is 10.4. The van der Waals surface area contributed by atoms with Crippen molar-refractivity contribution in [1.29, 1.82) is 0 Å². The molecule has 0 spiro atoms. The Labute approximate surface area is 107 Å². The van der Waals surface area contributed by atoms with E-state index in [0.29, 0.717) is 19.6 Å². The van der Waals surface area contributed by atoms with Gasteiger partial charge in [-0.25, -0.2) is 0 Å². The maximum atomic E-state index is 11.3. The van der Waals surface area contributed by atoms with E-state index in [1.807, 2.05) is 25.1 Å². The summed E-state index contributed by atoms with van der Waals surface area (Å²) in [7, 11) is 3.23. The fraction of sp³-hybridized carbons (Fsp3) is 0.462. The van der Waals surface area contributed by atoms with Crippen LogP contribution < -0.4 is 20.1 Å². The van der Waals surface area contributed by atoms with Crippen molar-refractivity contribution >= 4 is 5.91 Å². The van der Waals surface area contributed by atoms with Crippen LogP contribution in [0.15, 0.2) is 18.2 Å². The van der Waals surface area contributed by atoms with Gasteiger partial charge >= 0.3 is 0 Å². The van der Waals surface area contributed by atoms with Crippen LogP contribution in [0.2, 0.25) is 0 Å². The predicted octanol–water partition coefficient (Wildman–Crippen LogP) is 0.929. The first kappa shape index (κ1) is 14.3. The number of amides is 1. The van der Waals surface area contributed by atoms with Crippen LogP contribution in [-0.2, 0) is 11.3 Å². The van der Waals surface area contributed by atoms with Crippen LogP contribution in [0.1, 0.15) is 12.5 Å². The minimum atomic E-state index is -0.00928. The van der Waals surface area contributed by atoms with Crippen LogP contribution in [0, 0.1) is 0 Å². The molecule has 1 amide bonds.